The normalized spacial score (nSPS) is 10.4. The second-order valence-electron chi connectivity index (χ2n) is 3.41. The van der Waals surface area contributed by atoms with Gasteiger partial charge in [-0.1, -0.05) is 18.2 Å². The largest absolute Gasteiger partial charge is 0.256 e. The Bertz CT molecular complexity index is 405. The van der Waals surface area contributed by atoms with Crippen LogP contribution in [0.3, 0.4) is 0 Å². The van der Waals surface area contributed by atoms with Crippen molar-refractivity contribution >= 4 is 23.4 Å². The first-order valence-electron chi connectivity index (χ1n) is 4.99. The lowest BCUT2D eigenvalue weighted by Gasteiger charge is -2.02. The van der Waals surface area contributed by atoms with Gasteiger partial charge in [-0.15, -0.1) is 23.4 Å². The van der Waals surface area contributed by atoms with E-state index in [1.807, 2.05) is 18.3 Å². The third kappa shape index (κ3) is 2.57. The summed E-state index contributed by atoms with van der Waals surface area (Å²) < 4.78 is 0. The molecule has 0 atom stereocenters. The number of aromatic nitrogens is 1. The van der Waals surface area contributed by atoms with E-state index in [1.165, 1.54) is 4.90 Å². The molecular weight excluding hydrogens is 238 g/mol. The summed E-state index contributed by atoms with van der Waals surface area (Å²) in [5.74, 6) is 0.513. The van der Waals surface area contributed by atoms with Crippen LogP contribution in [0.1, 0.15) is 5.56 Å². The summed E-state index contributed by atoms with van der Waals surface area (Å²) in [5.41, 5.74) is 3.17. The number of benzene rings is 1. The molecule has 2 rings (SSSR count). The highest BCUT2D eigenvalue weighted by atomic mass is 35.5. The molecule has 0 fully saturated rings. The number of halogens is 1. The van der Waals surface area contributed by atoms with Gasteiger partial charge in [-0.3, -0.25) is 4.98 Å². The molecule has 82 valence electrons. The highest BCUT2D eigenvalue weighted by Crippen LogP contribution is 2.21. The van der Waals surface area contributed by atoms with Crippen LogP contribution in [0.15, 0.2) is 47.5 Å². The van der Waals surface area contributed by atoms with Gasteiger partial charge in [-0.2, -0.15) is 0 Å². The maximum atomic E-state index is 5.72. The van der Waals surface area contributed by atoms with Crippen LogP contribution in [0.25, 0.3) is 11.3 Å². The van der Waals surface area contributed by atoms with Crippen LogP contribution in [-0.4, -0.2) is 11.2 Å². The van der Waals surface area contributed by atoms with Crippen molar-refractivity contribution < 1.29 is 0 Å². The van der Waals surface area contributed by atoms with E-state index in [4.69, 9.17) is 11.6 Å². The van der Waals surface area contributed by atoms with E-state index in [-0.39, 0.29) is 0 Å². The molecule has 0 unspecified atom stereocenters. The van der Waals surface area contributed by atoms with Crippen molar-refractivity contribution in [2.45, 2.75) is 10.8 Å². The summed E-state index contributed by atoms with van der Waals surface area (Å²) in [7, 11) is 0. The van der Waals surface area contributed by atoms with Crippen LogP contribution in [0.5, 0.6) is 0 Å². The van der Waals surface area contributed by atoms with Crippen LogP contribution in [0, 0.1) is 0 Å². The zero-order valence-electron chi connectivity index (χ0n) is 8.98. The number of nitrogens with zero attached hydrogens (tertiary/aromatic N) is 1. The predicted molar refractivity (Wildman–Crippen MR) is 71.0 cm³/mol. The summed E-state index contributed by atoms with van der Waals surface area (Å²) in [5, 5.41) is 0. The molecule has 0 radical (unpaired) electrons. The van der Waals surface area contributed by atoms with Gasteiger partial charge >= 0.3 is 0 Å². The second kappa shape index (κ2) is 5.37. The molecule has 16 heavy (non-hydrogen) atoms. The second-order valence-corrected chi connectivity index (χ2v) is 4.56. The summed E-state index contributed by atoms with van der Waals surface area (Å²) >= 11 is 7.46. The average molecular weight is 250 g/mol. The first kappa shape index (κ1) is 11.5. The van der Waals surface area contributed by atoms with E-state index < -0.39 is 0 Å². The highest BCUT2D eigenvalue weighted by Gasteiger charge is 1.99. The monoisotopic (exact) mass is 249 g/mol. The Labute approximate surface area is 105 Å². The number of hydrogen-bond acceptors (Lipinski definition) is 2. The summed E-state index contributed by atoms with van der Waals surface area (Å²) in [6.07, 6.45) is 3.90. The minimum Gasteiger partial charge on any atom is -0.256 e. The van der Waals surface area contributed by atoms with Crippen molar-refractivity contribution in [2.24, 2.45) is 0 Å². The van der Waals surface area contributed by atoms with E-state index in [0.717, 1.165) is 16.8 Å². The Balaban J connectivity index is 2.28. The topological polar surface area (TPSA) is 12.9 Å². The first-order chi connectivity index (χ1) is 7.83. The lowest BCUT2D eigenvalue weighted by Crippen LogP contribution is -1.85. The third-order valence-electron chi connectivity index (χ3n) is 2.36. The van der Waals surface area contributed by atoms with Gasteiger partial charge in [0.05, 0.1) is 5.69 Å². The van der Waals surface area contributed by atoms with Gasteiger partial charge < -0.3 is 0 Å². The Kier molecular flexibility index (Phi) is 3.86. The molecule has 0 aliphatic carbocycles. The SMILES string of the molecule is CSc1ccc(-c2ccc(CCl)cn2)cc1. The Morgan fingerprint density at radius 3 is 2.38 bits per heavy atom. The smallest absolute Gasteiger partial charge is 0.0702 e. The van der Waals surface area contributed by atoms with Gasteiger partial charge in [0.25, 0.3) is 0 Å². The molecule has 0 N–H and O–H groups in total. The molecule has 0 saturated carbocycles. The van der Waals surface area contributed by atoms with E-state index in [2.05, 4.69) is 35.5 Å². The molecule has 3 heteroatoms. The van der Waals surface area contributed by atoms with E-state index in [9.17, 15) is 0 Å². The summed E-state index contributed by atoms with van der Waals surface area (Å²) in [6.45, 7) is 0. The highest BCUT2D eigenvalue weighted by molar-refractivity contribution is 7.98. The molecule has 1 nitrogen and oxygen atoms in total. The maximum absolute atomic E-state index is 5.72. The quantitative estimate of drug-likeness (QED) is 0.597. The molecule has 0 spiro atoms. The standard InChI is InChI=1S/C13H12ClNS/c1-16-12-5-3-11(4-6-12)13-7-2-10(8-14)9-15-13/h2-7,9H,8H2,1H3. The molecule has 0 aliphatic heterocycles. The third-order valence-corrected chi connectivity index (χ3v) is 3.42. The molecular formula is C13H12ClNS. The molecule has 0 amide bonds. The van der Waals surface area contributed by atoms with Crippen molar-refractivity contribution in [3.8, 4) is 11.3 Å². The van der Waals surface area contributed by atoms with Crippen molar-refractivity contribution in [2.75, 3.05) is 6.26 Å². The number of hydrogen-bond donors (Lipinski definition) is 0. The number of rotatable bonds is 3. The van der Waals surface area contributed by atoms with Crippen LogP contribution >= 0.6 is 23.4 Å². The van der Waals surface area contributed by atoms with E-state index >= 15 is 0 Å². The fourth-order valence-electron chi connectivity index (χ4n) is 1.44. The first-order valence-corrected chi connectivity index (χ1v) is 6.74. The van der Waals surface area contributed by atoms with Crippen molar-refractivity contribution in [3.05, 3.63) is 48.2 Å². The van der Waals surface area contributed by atoms with E-state index in [0.29, 0.717) is 5.88 Å². The fourth-order valence-corrected chi connectivity index (χ4v) is 2.00. The van der Waals surface area contributed by atoms with Gasteiger partial charge in [0.15, 0.2) is 0 Å². The summed E-state index contributed by atoms with van der Waals surface area (Å²) in [4.78, 5) is 5.65. The Morgan fingerprint density at radius 2 is 1.88 bits per heavy atom. The van der Waals surface area contributed by atoms with Gasteiger partial charge in [-0.05, 0) is 30.0 Å². The average Bonchev–Trinajstić information content (AvgIpc) is 2.39. The summed E-state index contributed by atoms with van der Waals surface area (Å²) in [6, 6.07) is 12.4. The number of pyridine rings is 1. The minimum atomic E-state index is 0.513. The van der Waals surface area contributed by atoms with Crippen molar-refractivity contribution in [3.63, 3.8) is 0 Å². The van der Waals surface area contributed by atoms with Crippen LogP contribution in [0.4, 0.5) is 0 Å². The molecule has 1 heterocycles. The Hall–Kier alpha value is -0.990. The lowest BCUT2D eigenvalue weighted by atomic mass is 10.1. The number of alkyl halides is 1. The molecule has 2 aromatic rings. The zero-order chi connectivity index (χ0) is 11.4. The lowest BCUT2D eigenvalue weighted by molar-refractivity contribution is 1.25. The molecule has 1 aromatic carbocycles. The van der Waals surface area contributed by atoms with Gasteiger partial charge in [0.1, 0.15) is 0 Å². The van der Waals surface area contributed by atoms with Crippen molar-refractivity contribution in [1.82, 2.24) is 4.98 Å². The van der Waals surface area contributed by atoms with E-state index in [1.54, 1.807) is 11.8 Å². The maximum Gasteiger partial charge on any atom is 0.0702 e. The Morgan fingerprint density at radius 1 is 1.12 bits per heavy atom. The minimum absolute atomic E-state index is 0.513. The van der Waals surface area contributed by atoms with Crippen LogP contribution in [0.2, 0.25) is 0 Å². The molecule has 0 saturated heterocycles. The van der Waals surface area contributed by atoms with Crippen LogP contribution < -0.4 is 0 Å². The van der Waals surface area contributed by atoms with Gasteiger partial charge in [0.2, 0.25) is 0 Å². The molecule has 1 aromatic heterocycles. The van der Waals surface area contributed by atoms with Crippen LogP contribution in [-0.2, 0) is 5.88 Å². The fraction of sp³-hybridized carbons (Fsp3) is 0.154. The zero-order valence-corrected chi connectivity index (χ0v) is 10.6. The van der Waals surface area contributed by atoms with Gasteiger partial charge in [0, 0.05) is 22.5 Å². The molecule has 0 bridgehead atoms. The predicted octanol–water partition coefficient (Wildman–Crippen LogP) is 4.21. The molecule has 0 aliphatic rings. The number of thioether (sulfide) groups is 1. The van der Waals surface area contributed by atoms with Gasteiger partial charge in [-0.25, -0.2) is 0 Å². The van der Waals surface area contributed by atoms with Crippen molar-refractivity contribution in [1.29, 1.82) is 0 Å².